The zero-order valence-electron chi connectivity index (χ0n) is 17.6. The number of anilines is 2. The predicted octanol–water partition coefficient (Wildman–Crippen LogP) is 4.42. The van der Waals surface area contributed by atoms with Gasteiger partial charge in [0, 0.05) is 23.7 Å². The number of hydrogen-bond donors (Lipinski definition) is 1. The number of nitrogens with zero attached hydrogens (tertiary/aromatic N) is 4. The highest BCUT2D eigenvalue weighted by molar-refractivity contribution is 7.91. The highest BCUT2D eigenvalue weighted by Gasteiger charge is 2.29. The fraction of sp³-hybridized carbons (Fsp3) is 0.333. The summed E-state index contributed by atoms with van der Waals surface area (Å²) in [4.78, 5) is 16.1. The molecule has 0 bridgehead atoms. The molecule has 0 saturated heterocycles. The molecular weight excluding hydrogens is 441 g/mol. The first-order valence-electron chi connectivity index (χ1n) is 9.51. The van der Waals surface area contributed by atoms with Gasteiger partial charge >= 0.3 is 0 Å². The minimum absolute atomic E-state index is 0.141. The fourth-order valence-electron chi connectivity index (χ4n) is 2.70. The molecule has 1 aromatic carbocycles. The van der Waals surface area contributed by atoms with E-state index in [9.17, 15) is 12.8 Å². The lowest BCUT2D eigenvalue weighted by molar-refractivity contribution is 0.559. The van der Waals surface area contributed by atoms with Gasteiger partial charge in [0.25, 0.3) is 0 Å². The van der Waals surface area contributed by atoms with Crippen molar-refractivity contribution in [1.82, 2.24) is 19.9 Å². The summed E-state index contributed by atoms with van der Waals surface area (Å²) in [7, 11) is -3.38. The van der Waals surface area contributed by atoms with Crippen LogP contribution in [0.3, 0.4) is 0 Å². The van der Waals surface area contributed by atoms with Gasteiger partial charge in [-0.2, -0.15) is 4.39 Å². The van der Waals surface area contributed by atoms with E-state index in [1.807, 2.05) is 13.0 Å². The maximum Gasteiger partial charge on any atom is 0.228 e. The molecule has 0 aliphatic heterocycles. The first kappa shape index (κ1) is 23.0. The van der Waals surface area contributed by atoms with E-state index < -0.39 is 20.5 Å². The van der Waals surface area contributed by atoms with Crippen molar-refractivity contribution < 1.29 is 12.8 Å². The number of nitrogens with one attached hydrogen (secondary N) is 1. The van der Waals surface area contributed by atoms with Gasteiger partial charge < -0.3 is 5.32 Å². The molecule has 10 heteroatoms. The van der Waals surface area contributed by atoms with Crippen molar-refractivity contribution in [3.05, 3.63) is 70.1 Å². The van der Waals surface area contributed by atoms with Gasteiger partial charge in [-0.25, -0.2) is 28.4 Å². The van der Waals surface area contributed by atoms with Gasteiger partial charge in [-0.3, -0.25) is 0 Å². The standard InChI is InChI=1S/C21H23ClFN5O2S/c1-13-10-24-20(28-19-9-18(23)25-12-26-19)27-17(13)8-14-5-6-16(22)15(7-14)11-31(29,30)21(2,3)4/h5-7,9-10,12H,8,11H2,1-4H3,(H,24,25,26,27,28). The normalized spacial score (nSPS) is 12.1. The van der Waals surface area contributed by atoms with Gasteiger partial charge in [-0.05, 0) is 50.5 Å². The van der Waals surface area contributed by atoms with Crippen molar-refractivity contribution in [2.75, 3.05) is 5.32 Å². The second-order valence-electron chi connectivity index (χ2n) is 8.15. The molecule has 0 fully saturated rings. The molecule has 0 aliphatic rings. The molecule has 0 unspecified atom stereocenters. The Hall–Kier alpha value is -2.65. The molecule has 0 saturated carbocycles. The summed E-state index contributed by atoms with van der Waals surface area (Å²) in [5.74, 6) is -0.298. The molecule has 0 atom stereocenters. The molecule has 0 spiro atoms. The Morgan fingerprint density at radius 1 is 1.13 bits per heavy atom. The second-order valence-corrected chi connectivity index (χ2v) is 11.3. The first-order valence-corrected chi connectivity index (χ1v) is 11.5. The van der Waals surface area contributed by atoms with Crippen LogP contribution in [0.5, 0.6) is 0 Å². The smallest absolute Gasteiger partial charge is 0.228 e. The van der Waals surface area contributed by atoms with Gasteiger partial charge in [-0.1, -0.05) is 23.7 Å². The van der Waals surface area contributed by atoms with Crippen LogP contribution in [0.15, 0.2) is 36.8 Å². The maximum absolute atomic E-state index is 13.3. The molecular formula is C21H23ClFN5O2S. The van der Waals surface area contributed by atoms with Gasteiger partial charge in [0.2, 0.25) is 11.9 Å². The molecule has 2 aromatic heterocycles. The number of aromatic nitrogens is 4. The van der Waals surface area contributed by atoms with Gasteiger partial charge in [-0.15, -0.1) is 0 Å². The van der Waals surface area contributed by atoms with Crippen LogP contribution >= 0.6 is 11.6 Å². The van der Waals surface area contributed by atoms with Gasteiger partial charge in [0.15, 0.2) is 9.84 Å². The van der Waals surface area contributed by atoms with E-state index in [0.717, 1.165) is 29.2 Å². The Kier molecular flexibility index (Phi) is 6.56. The molecule has 0 amide bonds. The number of hydrogen-bond acceptors (Lipinski definition) is 7. The van der Waals surface area contributed by atoms with Crippen molar-refractivity contribution in [3.8, 4) is 0 Å². The highest BCUT2D eigenvalue weighted by Crippen LogP contribution is 2.27. The van der Waals surface area contributed by atoms with Crippen molar-refractivity contribution >= 4 is 33.2 Å². The topological polar surface area (TPSA) is 97.7 Å². The molecule has 2 heterocycles. The monoisotopic (exact) mass is 463 g/mol. The first-order chi connectivity index (χ1) is 14.4. The summed E-state index contributed by atoms with van der Waals surface area (Å²) in [5, 5.41) is 3.26. The minimum Gasteiger partial charge on any atom is -0.309 e. The van der Waals surface area contributed by atoms with Crippen LogP contribution in [-0.4, -0.2) is 33.1 Å². The Bertz CT molecular complexity index is 1210. The summed E-state index contributed by atoms with van der Waals surface area (Å²) in [5.41, 5.74) is 3.01. The van der Waals surface area contributed by atoms with Crippen LogP contribution in [0.2, 0.25) is 5.02 Å². The zero-order valence-corrected chi connectivity index (χ0v) is 19.2. The third-order valence-electron chi connectivity index (χ3n) is 4.71. The lowest BCUT2D eigenvalue weighted by atomic mass is 10.0. The summed E-state index contributed by atoms with van der Waals surface area (Å²) in [6.07, 6.45) is 3.21. The van der Waals surface area contributed by atoms with Crippen LogP contribution in [0.4, 0.5) is 16.2 Å². The van der Waals surface area contributed by atoms with E-state index in [1.54, 1.807) is 39.1 Å². The van der Waals surface area contributed by atoms with Crippen molar-refractivity contribution in [3.63, 3.8) is 0 Å². The number of halogens is 2. The number of benzene rings is 1. The van der Waals surface area contributed by atoms with Gasteiger partial charge in [0.1, 0.15) is 12.1 Å². The molecule has 3 rings (SSSR count). The van der Waals surface area contributed by atoms with Crippen molar-refractivity contribution in [1.29, 1.82) is 0 Å². The van der Waals surface area contributed by atoms with E-state index in [1.165, 1.54) is 0 Å². The quantitative estimate of drug-likeness (QED) is 0.540. The third kappa shape index (κ3) is 5.74. The van der Waals surface area contributed by atoms with Crippen molar-refractivity contribution in [2.24, 2.45) is 0 Å². The molecule has 7 nitrogen and oxygen atoms in total. The number of sulfone groups is 1. The Labute approximate surface area is 186 Å². The summed E-state index contributed by atoms with van der Waals surface area (Å²) in [6, 6.07) is 6.47. The predicted molar refractivity (Wildman–Crippen MR) is 119 cm³/mol. The number of aryl methyl sites for hydroxylation is 1. The van der Waals surface area contributed by atoms with Crippen LogP contribution in [0.1, 0.15) is 43.2 Å². The lowest BCUT2D eigenvalue weighted by Crippen LogP contribution is -2.29. The molecule has 1 N–H and O–H groups in total. The lowest BCUT2D eigenvalue weighted by Gasteiger charge is -2.20. The van der Waals surface area contributed by atoms with Crippen LogP contribution in [0, 0.1) is 12.9 Å². The van der Waals surface area contributed by atoms with Crippen LogP contribution in [-0.2, 0) is 22.0 Å². The highest BCUT2D eigenvalue weighted by atomic mass is 35.5. The average Bonchev–Trinajstić information content (AvgIpc) is 2.66. The Balaban J connectivity index is 1.85. The molecule has 31 heavy (non-hydrogen) atoms. The van der Waals surface area contributed by atoms with Crippen molar-refractivity contribution in [2.45, 2.75) is 44.6 Å². The molecule has 164 valence electrons. The molecule has 3 aromatic rings. The zero-order chi connectivity index (χ0) is 22.8. The maximum atomic E-state index is 13.3. The average molecular weight is 464 g/mol. The third-order valence-corrected chi connectivity index (χ3v) is 7.64. The molecule has 0 aliphatic carbocycles. The van der Waals surface area contributed by atoms with Crippen LogP contribution < -0.4 is 5.32 Å². The summed E-state index contributed by atoms with van der Waals surface area (Å²) < 4.78 is 37.6. The largest absolute Gasteiger partial charge is 0.309 e. The Morgan fingerprint density at radius 3 is 2.55 bits per heavy atom. The molecule has 0 radical (unpaired) electrons. The van der Waals surface area contributed by atoms with Gasteiger partial charge in [0.05, 0.1) is 16.2 Å². The SMILES string of the molecule is Cc1cnc(Nc2cc(F)ncn2)nc1Cc1ccc(Cl)c(CS(=O)(=O)C(C)(C)C)c1. The summed E-state index contributed by atoms with van der Waals surface area (Å²) >= 11 is 6.27. The summed E-state index contributed by atoms with van der Waals surface area (Å²) in [6.45, 7) is 6.89. The Morgan fingerprint density at radius 2 is 1.87 bits per heavy atom. The second kappa shape index (κ2) is 8.84. The van der Waals surface area contributed by atoms with E-state index in [-0.39, 0.29) is 17.5 Å². The van der Waals surface area contributed by atoms with E-state index in [2.05, 4.69) is 25.3 Å². The van der Waals surface area contributed by atoms with E-state index in [0.29, 0.717) is 17.0 Å². The van der Waals surface area contributed by atoms with E-state index in [4.69, 9.17) is 11.6 Å². The van der Waals surface area contributed by atoms with E-state index >= 15 is 0 Å². The minimum atomic E-state index is -3.38. The van der Waals surface area contributed by atoms with Crippen LogP contribution in [0.25, 0.3) is 0 Å². The number of rotatable bonds is 6. The fourth-order valence-corrected chi connectivity index (χ4v) is 4.04.